The highest BCUT2D eigenvalue weighted by molar-refractivity contribution is 5.71. The van der Waals surface area contributed by atoms with E-state index in [-0.39, 0.29) is 35.7 Å². The van der Waals surface area contributed by atoms with E-state index < -0.39 is 93.0 Å². The fourth-order valence-corrected chi connectivity index (χ4v) is 11.2. The lowest BCUT2D eigenvalue weighted by molar-refractivity contribution is -0.190. The van der Waals surface area contributed by atoms with Gasteiger partial charge >= 0.3 is 12.2 Å². The van der Waals surface area contributed by atoms with Crippen LogP contribution in [0.1, 0.15) is 124 Å². The van der Waals surface area contributed by atoms with Gasteiger partial charge in [-0.2, -0.15) is 17.6 Å². The van der Waals surface area contributed by atoms with E-state index in [0.29, 0.717) is 41.0 Å². The molecule has 0 heterocycles. The maximum Gasteiger partial charge on any atom is 0.432 e. The van der Waals surface area contributed by atoms with Crippen LogP contribution >= 0.6 is 0 Å². The molecule has 2 nitrogen and oxygen atoms in total. The van der Waals surface area contributed by atoms with Gasteiger partial charge in [0.2, 0.25) is 0 Å². The summed E-state index contributed by atoms with van der Waals surface area (Å²) in [6, 6.07) is 18.8. The number of ether oxygens (including phenoxy) is 2. The van der Waals surface area contributed by atoms with Gasteiger partial charge in [-0.1, -0.05) is 74.2 Å². The van der Waals surface area contributed by atoms with Crippen molar-refractivity contribution < 1.29 is 70.9 Å². The summed E-state index contributed by atoms with van der Waals surface area (Å²) in [5.41, 5.74) is 0.441. The van der Waals surface area contributed by atoms with Crippen molar-refractivity contribution in [3.8, 4) is 33.8 Å². The zero-order valence-electron chi connectivity index (χ0n) is 39.7. The molecular formula is C58H50F14O2. The number of rotatable bonds is 12. The van der Waals surface area contributed by atoms with Crippen LogP contribution in [0.15, 0.2) is 97.1 Å². The lowest BCUT2D eigenvalue weighted by atomic mass is 9.64. The third-order valence-electron chi connectivity index (χ3n) is 15.7. The van der Waals surface area contributed by atoms with E-state index in [1.807, 2.05) is 12.1 Å². The van der Waals surface area contributed by atoms with E-state index in [1.165, 1.54) is 69.8 Å². The normalized spacial score (nSPS) is 20.5. The predicted octanol–water partition coefficient (Wildman–Crippen LogP) is 18.5. The maximum atomic E-state index is 14.8. The van der Waals surface area contributed by atoms with E-state index in [9.17, 15) is 61.5 Å². The summed E-state index contributed by atoms with van der Waals surface area (Å²) >= 11 is 0. The summed E-state index contributed by atoms with van der Waals surface area (Å²) in [5, 5.41) is 0. The lowest BCUT2D eigenvalue weighted by Crippen LogP contribution is -2.30. The average molecular weight is 1050 g/mol. The number of alkyl halides is 4. The number of hydrogen-bond donors (Lipinski definition) is 0. The molecule has 10 rings (SSSR count). The number of benzene rings is 6. The van der Waals surface area contributed by atoms with Crippen LogP contribution in [0.2, 0.25) is 0 Å². The molecule has 6 aromatic rings. The molecule has 0 aromatic heterocycles. The van der Waals surface area contributed by atoms with Crippen LogP contribution < -0.4 is 9.47 Å². The second-order valence-electron chi connectivity index (χ2n) is 20.1. The molecule has 4 aliphatic rings. The summed E-state index contributed by atoms with van der Waals surface area (Å²) in [7, 11) is 0. The maximum absolute atomic E-state index is 14.8. The largest absolute Gasteiger partial charge is 0.432 e. The Hall–Kier alpha value is -6.06. The third kappa shape index (κ3) is 11.4. The Kier molecular flexibility index (Phi) is 15.4. The van der Waals surface area contributed by atoms with Gasteiger partial charge in [0, 0.05) is 24.3 Å². The van der Waals surface area contributed by atoms with Crippen molar-refractivity contribution >= 4 is 0 Å². The van der Waals surface area contributed by atoms with Crippen molar-refractivity contribution in [2.45, 2.75) is 114 Å². The first-order chi connectivity index (χ1) is 35.2. The molecule has 0 bridgehead atoms. The molecule has 0 N–H and O–H groups in total. The highest BCUT2D eigenvalue weighted by Crippen LogP contribution is 2.49. The summed E-state index contributed by atoms with van der Waals surface area (Å²) in [5.74, 6) is -15.8. The van der Waals surface area contributed by atoms with Crippen LogP contribution in [0.25, 0.3) is 22.3 Å². The Morgan fingerprint density at radius 1 is 0.311 bits per heavy atom. The first-order valence-corrected chi connectivity index (χ1v) is 24.9. The molecule has 0 saturated heterocycles. The zero-order chi connectivity index (χ0) is 52.6. The van der Waals surface area contributed by atoms with Crippen molar-refractivity contribution in [2.75, 3.05) is 0 Å². The summed E-state index contributed by atoms with van der Waals surface area (Å²) < 4.78 is 205. The molecule has 392 valence electrons. The van der Waals surface area contributed by atoms with Crippen LogP contribution in [0.5, 0.6) is 11.5 Å². The average Bonchev–Trinajstić information content (AvgIpc) is 3.31. The Balaban J connectivity index is 0.000000182. The predicted molar refractivity (Wildman–Crippen MR) is 249 cm³/mol. The lowest BCUT2D eigenvalue weighted by Gasteiger charge is -2.42. The van der Waals surface area contributed by atoms with Gasteiger partial charge in [0.15, 0.2) is 34.9 Å². The Morgan fingerprint density at radius 3 is 0.973 bits per heavy atom. The van der Waals surface area contributed by atoms with E-state index >= 15 is 0 Å². The highest BCUT2D eigenvalue weighted by atomic mass is 19.3. The molecule has 74 heavy (non-hydrogen) atoms. The SMILES string of the molecule is Fc1cc(OC(F)(F)c2c(F)cc(-c3ccc(-c4ccc(C5CCC5)cc4)cc3)cc2F)cc(F)c1F.Fc1cc(OC(F)(F)c2c(F)cc(C3CCC(C4CCC(C5CCC5)CC4)CC3)cc2F)cc(F)c1F. The molecule has 0 amide bonds. The molecule has 0 aliphatic heterocycles. The quantitative estimate of drug-likeness (QED) is 0.0898. The van der Waals surface area contributed by atoms with E-state index in [1.54, 1.807) is 24.3 Å². The van der Waals surface area contributed by atoms with Gasteiger partial charge in [-0.3, -0.25) is 0 Å². The fourth-order valence-electron chi connectivity index (χ4n) is 11.2. The van der Waals surface area contributed by atoms with Gasteiger partial charge in [0.05, 0.1) is 0 Å². The van der Waals surface area contributed by atoms with Gasteiger partial charge in [0.25, 0.3) is 0 Å². The number of hydrogen-bond acceptors (Lipinski definition) is 2. The fraction of sp³-hybridized carbons (Fsp3) is 0.379. The minimum atomic E-state index is -4.64. The van der Waals surface area contributed by atoms with Crippen molar-refractivity contribution in [2.24, 2.45) is 23.7 Å². The Morgan fingerprint density at radius 2 is 0.622 bits per heavy atom. The first kappa shape index (κ1) is 52.8. The van der Waals surface area contributed by atoms with Crippen LogP contribution in [0.4, 0.5) is 61.5 Å². The minimum absolute atomic E-state index is 0.000280. The molecule has 4 aliphatic carbocycles. The van der Waals surface area contributed by atoms with E-state index in [0.717, 1.165) is 60.8 Å². The first-order valence-electron chi connectivity index (χ1n) is 24.9. The van der Waals surface area contributed by atoms with E-state index in [4.69, 9.17) is 0 Å². The summed E-state index contributed by atoms with van der Waals surface area (Å²) in [6.45, 7) is 0. The Labute approximate surface area is 418 Å². The second-order valence-corrected chi connectivity index (χ2v) is 20.1. The monoisotopic (exact) mass is 1040 g/mol. The smallest absolute Gasteiger partial charge is 0.429 e. The van der Waals surface area contributed by atoms with Crippen LogP contribution in [0.3, 0.4) is 0 Å². The standard InChI is InChI=1S/C29H31F7O.C29H19F7O/c2*30-23-12-21(13-24(31)27(23)29(35,36)37-22-14-25(32)28(34)26(33)15-22)20-10-8-19(9-11-20)18-6-4-17(5-7-18)16-2-1-3-16/h12-20H,1-11H2;4-16H,1-3H2. The highest BCUT2D eigenvalue weighted by Gasteiger charge is 2.44. The summed E-state index contributed by atoms with van der Waals surface area (Å²) in [4.78, 5) is 0. The van der Waals surface area contributed by atoms with Crippen molar-refractivity contribution in [1.29, 1.82) is 0 Å². The second kappa shape index (κ2) is 21.7. The van der Waals surface area contributed by atoms with Crippen LogP contribution in [-0.2, 0) is 12.2 Å². The molecular weight excluding hydrogens is 995 g/mol. The molecule has 0 radical (unpaired) electrons. The number of halogens is 14. The van der Waals surface area contributed by atoms with Gasteiger partial charge in [0.1, 0.15) is 45.9 Å². The Bertz CT molecular complexity index is 2860. The third-order valence-corrected chi connectivity index (χ3v) is 15.7. The molecule has 6 aromatic carbocycles. The molecule has 16 heteroatoms. The zero-order valence-corrected chi connectivity index (χ0v) is 39.7. The topological polar surface area (TPSA) is 18.5 Å². The van der Waals surface area contributed by atoms with Gasteiger partial charge in [-0.25, -0.2) is 43.9 Å². The molecule has 0 spiro atoms. The molecule has 4 saturated carbocycles. The van der Waals surface area contributed by atoms with Crippen LogP contribution in [-0.4, -0.2) is 0 Å². The van der Waals surface area contributed by atoms with Crippen LogP contribution in [0, 0.1) is 81.8 Å². The molecule has 0 unspecified atom stereocenters. The molecule has 0 atom stereocenters. The minimum Gasteiger partial charge on any atom is -0.429 e. The van der Waals surface area contributed by atoms with Gasteiger partial charge < -0.3 is 9.47 Å². The molecule has 4 fully saturated rings. The van der Waals surface area contributed by atoms with Gasteiger partial charge in [-0.05, 0) is 157 Å². The van der Waals surface area contributed by atoms with Gasteiger partial charge in [-0.15, -0.1) is 0 Å². The van der Waals surface area contributed by atoms with E-state index in [2.05, 4.69) is 21.6 Å². The van der Waals surface area contributed by atoms with Crippen molar-refractivity contribution in [3.63, 3.8) is 0 Å². The van der Waals surface area contributed by atoms with Crippen molar-refractivity contribution in [3.05, 3.63) is 177 Å². The summed E-state index contributed by atoms with van der Waals surface area (Å²) in [6.07, 6.45) is 7.08. The van der Waals surface area contributed by atoms with Crippen molar-refractivity contribution in [1.82, 2.24) is 0 Å².